The van der Waals surface area contributed by atoms with Crippen molar-refractivity contribution < 1.29 is 17.5 Å². The predicted octanol–water partition coefficient (Wildman–Crippen LogP) is 3.76. The number of methoxy groups -OCH3 is 1. The molecule has 1 heterocycles. The minimum atomic E-state index is -3.52. The van der Waals surface area contributed by atoms with Gasteiger partial charge in [-0.25, -0.2) is 12.8 Å². The summed E-state index contributed by atoms with van der Waals surface area (Å²) in [4.78, 5) is 4.54. The largest absolute Gasteiger partial charge is 0.494 e. The van der Waals surface area contributed by atoms with Gasteiger partial charge >= 0.3 is 0 Å². The Hall–Kier alpha value is -2.25. The molecule has 0 atom stereocenters. The average molecular weight is 376 g/mol. The maximum Gasteiger partial charge on any atom is 0.243 e. The summed E-state index contributed by atoms with van der Waals surface area (Å²) in [6.45, 7) is 1.10. The predicted molar refractivity (Wildman–Crippen MR) is 99.3 cm³/mol. The van der Waals surface area contributed by atoms with E-state index in [0.29, 0.717) is 24.5 Å². The number of piperidine rings is 1. The van der Waals surface area contributed by atoms with Crippen molar-refractivity contribution in [3.63, 3.8) is 0 Å². The number of ether oxygens (including phenoxy) is 1. The van der Waals surface area contributed by atoms with Crippen LogP contribution in [0.2, 0.25) is 0 Å². The molecule has 0 bridgehead atoms. The highest BCUT2D eigenvalue weighted by atomic mass is 32.2. The van der Waals surface area contributed by atoms with E-state index >= 15 is 0 Å². The molecule has 1 aliphatic heterocycles. The van der Waals surface area contributed by atoms with E-state index in [4.69, 9.17) is 4.74 Å². The fourth-order valence-electron chi connectivity index (χ4n) is 2.87. The summed E-state index contributed by atoms with van der Waals surface area (Å²) < 4.78 is 45.3. The van der Waals surface area contributed by atoms with Crippen molar-refractivity contribution in [3.8, 4) is 5.75 Å². The van der Waals surface area contributed by atoms with Crippen LogP contribution in [0.4, 0.5) is 10.1 Å². The molecule has 138 valence electrons. The van der Waals surface area contributed by atoms with Gasteiger partial charge in [-0.05, 0) is 42.7 Å². The second-order valence-electron chi connectivity index (χ2n) is 6.11. The molecular formula is C19H21FN2O3S. The highest BCUT2D eigenvalue weighted by Crippen LogP contribution is 2.32. The number of nitrogens with zero attached hydrogens (tertiary/aromatic N) is 2. The van der Waals surface area contributed by atoms with Gasteiger partial charge in [0.05, 0.1) is 12.0 Å². The van der Waals surface area contributed by atoms with Crippen molar-refractivity contribution in [2.24, 2.45) is 4.99 Å². The minimum absolute atomic E-state index is 0.206. The molecule has 1 aliphatic rings. The Labute approximate surface area is 153 Å². The van der Waals surface area contributed by atoms with Gasteiger partial charge in [-0.2, -0.15) is 4.31 Å². The number of sulfonamides is 1. The Morgan fingerprint density at radius 2 is 1.77 bits per heavy atom. The Morgan fingerprint density at radius 1 is 1.08 bits per heavy atom. The number of rotatable bonds is 5. The molecule has 5 nitrogen and oxygen atoms in total. The third-order valence-electron chi connectivity index (χ3n) is 4.33. The SMILES string of the molecule is COc1cc(S(=O)(=O)N2CCCCC2)ccc1N=Cc1ccc(F)cc1. The van der Waals surface area contributed by atoms with E-state index in [1.54, 1.807) is 30.5 Å². The van der Waals surface area contributed by atoms with Gasteiger partial charge in [-0.15, -0.1) is 0 Å². The van der Waals surface area contributed by atoms with E-state index in [1.165, 1.54) is 29.6 Å². The smallest absolute Gasteiger partial charge is 0.243 e. The second kappa shape index (κ2) is 7.97. The zero-order valence-corrected chi connectivity index (χ0v) is 15.4. The molecule has 0 spiro atoms. The van der Waals surface area contributed by atoms with Gasteiger partial charge in [0.1, 0.15) is 17.3 Å². The Bertz CT molecular complexity index is 890. The number of halogens is 1. The first-order valence-electron chi connectivity index (χ1n) is 8.48. The van der Waals surface area contributed by atoms with Crippen molar-refractivity contribution in [2.45, 2.75) is 24.2 Å². The molecule has 0 radical (unpaired) electrons. The van der Waals surface area contributed by atoms with Crippen LogP contribution in [0, 0.1) is 5.82 Å². The molecule has 7 heteroatoms. The van der Waals surface area contributed by atoms with Crippen molar-refractivity contribution in [3.05, 3.63) is 53.8 Å². The highest BCUT2D eigenvalue weighted by Gasteiger charge is 2.26. The third-order valence-corrected chi connectivity index (χ3v) is 6.22. The van der Waals surface area contributed by atoms with Crippen LogP contribution in [0.25, 0.3) is 0 Å². The molecule has 26 heavy (non-hydrogen) atoms. The van der Waals surface area contributed by atoms with Gasteiger partial charge < -0.3 is 4.74 Å². The quantitative estimate of drug-likeness (QED) is 0.747. The molecule has 0 amide bonds. The minimum Gasteiger partial charge on any atom is -0.494 e. The van der Waals surface area contributed by atoms with Crippen LogP contribution >= 0.6 is 0 Å². The number of aliphatic imine (C=N–C) groups is 1. The normalized spacial score (nSPS) is 16.1. The summed E-state index contributed by atoms with van der Waals surface area (Å²) in [7, 11) is -2.05. The van der Waals surface area contributed by atoms with Gasteiger partial charge in [0.25, 0.3) is 0 Å². The average Bonchev–Trinajstić information content (AvgIpc) is 2.68. The summed E-state index contributed by atoms with van der Waals surface area (Å²) in [6, 6.07) is 10.6. The van der Waals surface area contributed by atoms with Gasteiger partial charge in [0.2, 0.25) is 10.0 Å². The number of benzene rings is 2. The van der Waals surface area contributed by atoms with Crippen molar-refractivity contribution in [1.82, 2.24) is 4.31 Å². The fraction of sp³-hybridized carbons (Fsp3) is 0.316. The van der Waals surface area contributed by atoms with Crippen LogP contribution in [0.3, 0.4) is 0 Å². The molecule has 0 aromatic heterocycles. The Morgan fingerprint density at radius 3 is 2.42 bits per heavy atom. The third kappa shape index (κ3) is 4.11. The lowest BCUT2D eigenvalue weighted by atomic mass is 10.2. The maximum atomic E-state index is 13.0. The van der Waals surface area contributed by atoms with Gasteiger partial charge in [-0.3, -0.25) is 4.99 Å². The molecule has 2 aromatic rings. The van der Waals surface area contributed by atoms with Gasteiger partial charge in [0.15, 0.2) is 0 Å². The van der Waals surface area contributed by atoms with E-state index in [-0.39, 0.29) is 10.7 Å². The van der Waals surface area contributed by atoms with Gasteiger partial charge in [0, 0.05) is 25.4 Å². The maximum absolute atomic E-state index is 13.0. The monoisotopic (exact) mass is 376 g/mol. The lowest BCUT2D eigenvalue weighted by Crippen LogP contribution is -2.35. The number of hydrogen-bond donors (Lipinski definition) is 0. The van der Waals surface area contributed by atoms with E-state index in [1.807, 2.05) is 0 Å². The van der Waals surface area contributed by atoms with Crippen LogP contribution in [0.5, 0.6) is 5.75 Å². The second-order valence-corrected chi connectivity index (χ2v) is 8.05. The first-order valence-corrected chi connectivity index (χ1v) is 9.92. The van der Waals surface area contributed by atoms with E-state index in [0.717, 1.165) is 24.8 Å². The van der Waals surface area contributed by atoms with E-state index in [2.05, 4.69) is 4.99 Å². The van der Waals surface area contributed by atoms with Crippen molar-refractivity contribution >= 4 is 21.9 Å². The summed E-state index contributed by atoms with van der Waals surface area (Å²) in [5, 5.41) is 0. The first-order chi connectivity index (χ1) is 12.5. The molecule has 0 N–H and O–H groups in total. The molecule has 1 fully saturated rings. The van der Waals surface area contributed by atoms with E-state index in [9.17, 15) is 12.8 Å². The summed E-state index contributed by atoms with van der Waals surface area (Å²) in [5.74, 6) is 0.0634. The molecule has 3 rings (SSSR count). The topological polar surface area (TPSA) is 59.0 Å². The van der Waals surface area contributed by atoms with Crippen LogP contribution in [-0.4, -0.2) is 39.1 Å². The first kappa shape index (κ1) is 18.5. The molecule has 1 saturated heterocycles. The molecule has 0 saturated carbocycles. The lowest BCUT2D eigenvalue weighted by molar-refractivity contribution is 0.346. The fourth-order valence-corrected chi connectivity index (χ4v) is 4.41. The molecular weight excluding hydrogens is 355 g/mol. The Kier molecular flexibility index (Phi) is 5.68. The van der Waals surface area contributed by atoms with Crippen LogP contribution in [0.1, 0.15) is 24.8 Å². The van der Waals surface area contributed by atoms with Gasteiger partial charge in [-0.1, -0.05) is 18.6 Å². The van der Waals surface area contributed by atoms with Crippen molar-refractivity contribution in [2.75, 3.05) is 20.2 Å². The summed E-state index contributed by atoms with van der Waals surface area (Å²) in [6.07, 6.45) is 4.41. The standard InChI is InChI=1S/C19H21FN2O3S/c1-25-19-13-17(26(23,24)22-11-3-2-4-12-22)9-10-18(19)21-14-15-5-7-16(20)8-6-15/h5-10,13-14H,2-4,11-12H2,1H3. The van der Waals surface area contributed by atoms with Crippen LogP contribution in [-0.2, 0) is 10.0 Å². The Balaban J connectivity index is 1.86. The highest BCUT2D eigenvalue weighted by molar-refractivity contribution is 7.89. The summed E-state index contributed by atoms with van der Waals surface area (Å²) >= 11 is 0. The number of hydrogen-bond acceptors (Lipinski definition) is 4. The zero-order valence-electron chi connectivity index (χ0n) is 14.6. The summed E-state index contributed by atoms with van der Waals surface area (Å²) in [5.41, 5.74) is 1.24. The van der Waals surface area contributed by atoms with Crippen molar-refractivity contribution in [1.29, 1.82) is 0 Å². The molecule has 0 unspecified atom stereocenters. The van der Waals surface area contributed by atoms with Crippen LogP contribution < -0.4 is 4.74 Å². The van der Waals surface area contributed by atoms with E-state index < -0.39 is 10.0 Å². The van der Waals surface area contributed by atoms with Crippen LogP contribution in [0.15, 0.2) is 52.4 Å². The molecule has 2 aromatic carbocycles. The molecule has 0 aliphatic carbocycles. The lowest BCUT2D eigenvalue weighted by Gasteiger charge is -2.26. The zero-order chi connectivity index (χ0) is 18.6.